The topological polar surface area (TPSA) is 67.2 Å². The number of amides is 1. The van der Waals surface area contributed by atoms with Crippen molar-refractivity contribution in [1.29, 1.82) is 0 Å². The summed E-state index contributed by atoms with van der Waals surface area (Å²) in [7, 11) is 0. The van der Waals surface area contributed by atoms with Crippen molar-refractivity contribution in [3.8, 4) is 0 Å². The van der Waals surface area contributed by atoms with Crippen LogP contribution in [-0.4, -0.2) is 45.5 Å². The summed E-state index contributed by atoms with van der Waals surface area (Å²) in [5.41, 5.74) is 2.05. The first-order valence-electron chi connectivity index (χ1n) is 8.71. The zero-order chi connectivity index (χ0) is 16.1. The summed E-state index contributed by atoms with van der Waals surface area (Å²) in [6.07, 6.45) is 7.89. The van der Waals surface area contributed by atoms with E-state index in [1.54, 1.807) is 6.20 Å². The Balaban J connectivity index is 1.23. The van der Waals surface area contributed by atoms with Crippen molar-refractivity contribution in [2.45, 2.75) is 37.6 Å². The number of carbonyl (C=O) groups is 1. The van der Waals surface area contributed by atoms with Crippen molar-refractivity contribution in [1.82, 2.24) is 20.0 Å². The molecule has 3 aliphatic rings. The van der Waals surface area contributed by atoms with Crippen molar-refractivity contribution in [3.05, 3.63) is 30.2 Å². The van der Waals surface area contributed by atoms with E-state index in [4.69, 9.17) is 0 Å². The van der Waals surface area contributed by atoms with Gasteiger partial charge in [-0.05, 0) is 31.4 Å². The number of carbonyl (C=O) groups excluding carboxylic acids is 1. The molecule has 3 fully saturated rings. The van der Waals surface area contributed by atoms with Crippen molar-refractivity contribution >= 4 is 17.4 Å². The van der Waals surface area contributed by atoms with Crippen LogP contribution in [0.2, 0.25) is 0 Å². The third-order valence-corrected chi connectivity index (χ3v) is 5.20. The summed E-state index contributed by atoms with van der Waals surface area (Å²) in [6, 6.07) is 4.52. The average molecular weight is 324 g/mol. The molecule has 24 heavy (non-hydrogen) atoms. The fraction of sp³-hybridized carbons (Fsp3) is 0.529. The second kappa shape index (κ2) is 5.29. The lowest BCUT2D eigenvalue weighted by Gasteiger charge is -2.39. The molecule has 0 N–H and O–H groups in total. The average Bonchev–Trinajstić information content (AvgIpc) is 3.15. The highest BCUT2D eigenvalue weighted by Gasteiger charge is 2.32. The summed E-state index contributed by atoms with van der Waals surface area (Å²) in [5, 5.41) is 13.2. The van der Waals surface area contributed by atoms with Gasteiger partial charge in [-0.3, -0.25) is 9.48 Å². The van der Waals surface area contributed by atoms with Crippen LogP contribution in [0.25, 0.3) is 0 Å². The van der Waals surface area contributed by atoms with E-state index >= 15 is 0 Å². The van der Waals surface area contributed by atoms with E-state index < -0.39 is 0 Å². The van der Waals surface area contributed by atoms with Crippen LogP contribution < -0.4 is 9.80 Å². The van der Waals surface area contributed by atoms with Gasteiger partial charge in [0.05, 0.1) is 23.6 Å². The van der Waals surface area contributed by atoms with Gasteiger partial charge in [-0.1, -0.05) is 0 Å². The van der Waals surface area contributed by atoms with Crippen LogP contribution in [0.3, 0.4) is 0 Å². The molecule has 1 amide bonds. The van der Waals surface area contributed by atoms with Gasteiger partial charge in [0.2, 0.25) is 5.91 Å². The first kappa shape index (κ1) is 13.9. The maximum Gasteiger partial charge on any atom is 0.227 e. The van der Waals surface area contributed by atoms with Crippen LogP contribution in [0.1, 0.15) is 43.3 Å². The molecular weight excluding hydrogens is 304 g/mol. The predicted octanol–water partition coefficient (Wildman–Crippen LogP) is 1.74. The zero-order valence-electron chi connectivity index (χ0n) is 13.5. The monoisotopic (exact) mass is 324 g/mol. The van der Waals surface area contributed by atoms with Gasteiger partial charge in [0, 0.05) is 38.2 Å². The fourth-order valence-electron chi connectivity index (χ4n) is 3.50. The normalized spacial score (nSPS) is 21.4. The zero-order valence-corrected chi connectivity index (χ0v) is 13.5. The molecule has 0 aromatic carbocycles. The van der Waals surface area contributed by atoms with E-state index in [2.05, 4.69) is 32.3 Å². The molecule has 2 aromatic heterocycles. The number of rotatable bonds is 4. The first-order chi connectivity index (χ1) is 11.8. The number of anilines is 2. The largest absolute Gasteiger partial charge is 0.351 e. The Kier molecular flexibility index (Phi) is 3.08. The Morgan fingerprint density at radius 1 is 1.12 bits per heavy atom. The molecule has 1 aliphatic carbocycles. The Morgan fingerprint density at radius 3 is 2.67 bits per heavy atom. The highest BCUT2D eigenvalue weighted by Crippen LogP contribution is 2.39. The van der Waals surface area contributed by atoms with Crippen LogP contribution in [0, 0.1) is 0 Å². The molecule has 7 heteroatoms. The van der Waals surface area contributed by atoms with Gasteiger partial charge in [-0.15, -0.1) is 5.10 Å². The molecule has 0 unspecified atom stereocenters. The second-order valence-corrected chi connectivity index (χ2v) is 6.98. The summed E-state index contributed by atoms with van der Waals surface area (Å²) < 4.78 is 1.98. The van der Waals surface area contributed by atoms with E-state index in [-0.39, 0.29) is 5.91 Å². The molecule has 5 rings (SSSR count). The third kappa shape index (κ3) is 2.35. The number of nitrogens with zero attached hydrogens (tertiary/aromatic N) is 6. The molecule has 124 valence electrons. The van der Waals surface area contributed by atoms with Gasteiger partial charge in [-0.25, -0.2) is 0 Å². The molecule has 0 spiro atoms. The van der Waals surface area contributed by atoms with E-state index in [9.17, 15) is 4.79 Å². The minimum absolute atomic E-state index is 0.204. The SMILES string of the molecule is O=C1CCCN1c1cnn(C2CN(c3ccc(C4CC4)nn3)C2)c1. The molecule has 0 bridgehead atoms. The lowest BCUT2D eigenvalue weighted by atomic mass is 10.1. The van der Waals surface area contributed by atoms with Crippen LogP contribution in [0.5, 0.6) is 0 Å². The van der Waals surface area contributed by atoms with Gasteiger partial charge in [0.25, 0.3) is 0 Å². The molecule has 2 aliphatic heterocycles. The minimum atomic E-state index is 0.204. The number of hydrogen-bond acceptors (Lipinski definition) is 5. The number of hydrogen-bond donors (Lipinski definition) is 0. The Morgan fingerprint density at radius 2 is 2.00 bits per heavy atom. The summed E-state index contributed by atoms with van der Waals surface area (Å²) in [6.45, 7) is 2.57. The lowest BCUT2D eigenvalue weighted by molar-refractivity contribution is -0.117. The highest BCUT2D eigenvalue weighted by atomic mass is 16.2. The molecule has 2 aromatic rings. The van der Waals surface area contributed by atoms with Gasteiger partial charge in [0.1, 0.15) is 0 Å². The Bertz CT molecular complexity index is 760. The molecular formula is C17H20N6O. The molecule has 1 saturated carbocycles. The van der Waals surface area contributed by atoms with Gasteiger partial charge < -0.3 is 9.80 Å². The van der Waals surface area contributed by atoms with E-state index in [1.807, 2.05) is 15.8 Å². The minimum Gasteiger partial charge on any atom is -0.351 e. The summed E-state index contributed by atoms with van der Waals surface area (Å²) in [4.78, 5) is 15.9. The second-order valence-electron chi connectivity index (χ2n) is 6.98. The summed E-state index contributed by atoms with van der Waals surface area (Å²) in [5.74, 6) is 1.79. The third-order valence-electron chi connectivity index (χ3n) is 5.20. The van der Waals surface area contributed by atoms with Crippen LogP contribution in [0.15, 0.2) is 24.5 Å². The van der Waals surface area contributed by atoms with E-state index in [0.29, 0.717) is 18.4 Å². The molecule has 0 radical (unpaired) electrons. The van der Waals surface area contributed by atoms with Crippen molar-refractivity contribution < 1.29 is 4.79 Å². The maximum atomic E-state index is 11.8. The van der Waals surface area contributed by atoms with Crippen molar-refractivity contribution in [2.75, 3.05) is 29.4 Å². The standard InChI is InChI=1S/C17H20N6O/c24-17-2-1-7-22(17)13-8-18-23(11-13)14-9-21(10-14)16-6-5-15(19-20-16)12-3-4-12/h5-6,8,11-12,14H,1-4,7,9-10H2. The summed E-state index contributed by atoms with van der Waals surface area (Å²) >= 11 is 0. The molecule has 2 saturated heterocycles. The smallest absolute Gasteiger partial charge is 0.227 e. The Hall–Kier alpha value is -2.44. The molecule has 0 atom stereocenters. The maximum absolute atomic E-state index is 11.8. The number of aromatic nitrogens is 4. The highest BCUT2D eigenvalue weighted by molar-refractivity contribution is 5.95. The Labute approximate surface area is 140 Å². The predicted molar refractivity (Wildman–Crippen MR) is 89.1 cm³/mol. The van der Waals surface area contributed by atoms with Gasteiger partial charge in [-0.2, -0.15) is 10.2 Å². The van der Waals surface area contributed by atoms with Crippen LogP contribution in [0.4, 0.5) is 11.5 Å². The van der Waals surface area contributed by atoms with Crippen molar-refractivity contribution in [3.63, 3.8) is 0 Å². The van der Waals surface area contributed by atoms with Crippen LogP contribution >= 0.6 is 0 Å². The molecule has 7 nitrogen and oxygen atoms in total. The first-order valence-corrected chi connectivity index (χ1v) is 8.71. The molecule has 4 heterocycles. The van der Waals surface area contributed by atoms with Gasteiger partial charge >= 0.3 is 0 Å². The van der Waals surface area contributed by atoms with Gasteiger partial charge in [0.15, 0.2) is 5.82 Å². The van der Waals surface area contributed by atoms with E-state index in [1.165, 1.54) is 12.8 Å². The lowest BCUT2D eigenvalue weighted by Crippen LogP contribution is -2.48. The van der Waals surface area contributed by atoms with E-state index in [0.717, 1.165) is 43.3 Å². The van der Waals surface area contributed by atoms with Crippen LogP contribution in [-0.2, 0) is 4.79 Å². The van der Waals surface area contributed by atoms with Crippen molar-refractivity contribution in [2.24, 2.45) is 0 Å². The quantitative estimate of drug-likeness (QED) is 0.857. The fourth-order valence-corrected chi connectivity index (χ4v) is 3.50.